The Morgan fingerprint density at radius 1 is 1.04 bits per heavy atom. The summed E-state index contributed by atoms with van der Waals surface area (Å²) >= 11 is 0. The second-order valence-corrected chi connectivity index (χ2v) is 6.62. The Bertz CT molecular complexity index is 722. The number of para-hydroxylation sites is 1. The van der Waals surface area contributed by atoms with Gasteiger partial charge in [0, 0.05) is 18.3 Å². The highest BCUT2D eigenvalue weighted by atomic mass is 16.2. The first-order valence-corrected chi connectivity index (χ1v) is 8.81. The maximum absolute atomic E-state index is 12.3. The van der Waals surface area contributed by atoms with Crippen LogP contribution in [-0.2, 0) is 6.42 Å². The first kappa shape index (κ1) is 15.1. The average molecular weight is 322 g/mol. The number of aromatic nitrogens is 2. The molecule has 2 heterocycles. The van der Waals surface area contributed by atoms with E-state index in [4.69, 9.17) is 0 Å². The van der Waals surface area contributed by atoms with Gasteiger partial charge in [-0.2, -0.15) is 0 Å². The molecule has 1 amide bonds. The highest BCUT2D eigenvalue weighted by Crippen LogP contribution is 2.31. The third kappa shape index (κ3) is 2.98. The standard InChI is InChI=1S/C19H22N4O/c24-19(20-15-8-2-3-9-15)16-11-12-18(22-21-16)23-13-5-7-14-6-1-4-10-17(14)23/h1,4,6,10-12,15H,2-3,5,7-9,13H2,(H,20,24). The normalized spacial score (nSPS) is 17.6. The summed E-state index contributed by atoms with van der Waals surface area (Å²) in [6.45, 7) is 0.930. The van der Waals surface area contributed by atoms with E-state index in [1.165, 1.54) is 24.1 Å². The SMILES string of the molecule is O=C(NC1CCCC1)c1ccc(N2CCCc3ccccc32)nn1. The average Bonchev–Trinajstić information content (AvgIpc) is 3.14. The van der Waals surface area contributed by atoms with Gasteiger partial charge in [-0.3, -0.25) is 4.79 Å². The molecule has 4 rings (SSSR count). The van der Waals surface area contributed by atoms with Gasteiger partial charge in [-0.05, 0) is 49.4 Å². The zero-order chi connectivity index (χ0) is 16.4. The number of nitrogens with zero attached hydrogens (tertiary/aromatic N) is 3. The van der Waals surface area contributed by atoms with E-state index >= 15 is 0 Å². The molecule has 2 aromatic rings. The highest BCUT2D eigenvalue weighted by Gasteiger charge is 2.21. The van der Waals surface area contributed by atoms with E-state index < -0.39 is 0 Å². The molecule has 0 atom stereocenters. The number of aryl methyl sites for hydroxylation is 1. The summed E-state index contributed by atoms with van der Waals surface area (Å²) in [7, 11) is 0. The van der Waals surface area contributed by atoms with Crippen LogP contribution < -0.4 is 10.2 Å². The van der Waals surface area contributed by atoms with Gasteiger partial charge in [-0.1, -0.05) is 31.0 Å². The van der Waals surface area contributed by atoms with Crippen molar-refractivity contribution in [2.75, 3.05) is 11.4 Å². The molecule has 124 valence electrons. The van der Waals surface area contributed by atoms with Crippen LogP contribution in [0.1, 0.15) is 48.2 Å². The molecular weight excluding hydrogens is 300 g/mol. The second-order valence-electron chi connectivity index (χ2n) is 6.62. The lowest BCUT2D eigenvalue weighted by atomic mass is 10.0. The monoisotopic (exact) mass is 322 g/mol. The number of benzene rings is 1. The number of fused-ring (bicyclic) bond motifs is 1. The number of anilines is 2. The maximum atomic E-state index is 12.3. The van der Waals surface area contributed by atoms with Crippen molar-refractivity contribution in [3.05, 3.63) is 47.7 Å². The van der Waals surface area contributed by atoms with Crippen LogP contribution in [0.15, 0.2) is 36.4 Å². The summed E-state index contributed by atoms with van der Waals surface area (Å²) in [6, 6.07) is 12.4. The van der Waals surface area contributed by atoms with Gasteiger partial charge < -0.3 is 10.2 Å². The lowest BCUT2D eigenvalue weighted by Gasteiger charge is -2.29. The minimum absolute atomic E-state index is 0.111. The molecule has 1 aromatic heterocycles. The first-order valence-electron chi connectivity index (χ1n) is 8.81. The lowest BCUT2D eigenvalue weighted by molar-refractivity contribution is 0.0932. The fourth-order valence-electron chi connectivity index (χ4n) is 3.69. The number of nitrogens with one attached hydrogen (secondary N) is 1. The minimum Gasteiger partial charge on any atom is -0.348 e. The highest BCUT2D eigenvalue weighted by molar-refractivity contribution is 5.92. The quantitative estimate of drug-likeness (QED) is 0.942. The summed E-state index contributed by atoms with van der Waals surface area (Å²) in [4.78, 5) is 14.4. The van der Waals surface area contributed by atoms with Crippen LogP contribution in [-0.4, -0.2) is 28.7 Å². The Labute approximate surface area is 142 Å². The van der Waals surface area contributed by atoms with Crippen molar-refractivity contribution in [1.29, 1.82) is 0 Å². The van der Waals surface area contributed by atoms with Crippen LogP contribution in [0.2, 0.25) is 0 Å². The minimum atomic E-state index is -0.111. The van der Waals surface area contributed by atoms with Crippen LogP contribution in [0.4, 0.5) is 11.5 Å². The number of amides is 1. The first-order chi connectivity index (χ1) is 11.8. The summed E-state index contributed by atoms with van der Waals surface area (Å²) in [5, 5.41) is 11.5. The van der Waals surface area contributed by atoms with E-state index in [9.17, 15) is 4.79 Å². The maximum Gasteiger partial charge on any atom is 0.272 e. The lowest BCUT2D eigenvalue weighted by Crippen LogP contribution is -2.33. The molecule has 5 heteroatoms. The van der Waals surface area contributed by atoms with Gasteiger partial charge in [0.15, 0.2) is 11.5 Å². The molecule has 1 aromatic carbocycles. The smallest absolute Gasteiger partial charge is 0.272 e. The topological polar surface area (TPSA) is 58.1 Å². The Hall–Kier alpha value is -2.43. The Kier molecular flexibility index (Phi) is 4.15. The largest absolute Gasteiger partial charge is 0.348 e. The number of hydrogen-bond donors (Lipinski definition) is 1. The molecule has 0 saturated heterocycles. The molecule has 0 bridgehead atoms. The van der Waals surface area contributed by atoms with E-state index in [1.54, 1.807) is 6.07 Å². The van der Waals surface area contributed by atoms with E-state index in [2.05, 4.69) is 38.6 Å². The van der Waals surface area contributed by atoms with E-state index in [0.29, 0.717) is 11.7 Å². The van der Waals surface area contributed by atoms with Crippen LogP contribution >= 0.6 is 0 Å². The number of rotatable bonds is 3. The van der Waals surface area contributed by atoms with Gasteiger partial charge in [-0.25, -0.2) is 0 Å². The van der Waals surface area contributed by atoms with Gasteiger partial charge in [0.2, 0.25) is 0 Å². The molecule has 1 fully saturated rings. The van der Waals surface area contributed by atoms with Crippen LogP contribution in [0.25, 0.3) is 0 Å². The van der Waals surface area contributed by atoms with E-state index in [0.717, 1.165) is 38.0 Å². The molecule has 24 heavy (non-hydrogen) atoms. The van der Waals surface area contributed by atoms with Crippen LogP contribution in [0, 0.1) is 0 Å². The number of carbonyl (C=O) groups is 1. The van der Waals surface area contributed by atoms with Gasteiger partial charge in [0.1, 0.15) is 0 Å². The van der Waals surface area contributed by atoms with Crippen molar-refractivity contribution in [2.45, 2.75) is 44.6 Å². The molecule has 2 aliphatic rings. The summed E-state index contributed by atoms with van der Waals surface area (Å²) in [6.07, 6.45) is 6.74. The summed E-state index contributed by atoms with van der Waals surface area (Å²) in [5.41, 5.74) is 2.94. The molecular formula is C19H22N4O. The molecule has 0 radical (unpaired) electrons. The molecule has 1 N–H and O–H groups in total. The molecule has 5 nitrogen and oxygen atoms in total. The van der Waals surface area contributed by atoms with Crippen molar-refractivity contribution in [3.8, 4) is 0 Å². The van der Waals surface area contributed by atoms with Crippen molar-refractivity contribution in [1.82, 2.24) is 15.5 Å². The van der Waals surface area contributed by atoms with Crippen molar-refractivity contribution in [3.63, 3.8) is 0 Å². The molecule has 1 aliphatic heterocycles. The molecule has 0 unspecified atom stereocenters. The molecule has 0 spiro atoms. The number of carbonyl (C=O) groups excluding carboxylic acids is 1. The predicted molar refractivity (Wildman–Crippen MR) is 93.5 cm³/mol. The van der Waals surface area contributed by atoms with Gasteiger partial charge >= 0.3 is 0 Å². The molecule has 1 aliphatic carbocycles. The zero-order valence-corrected chi connectivity index (χ0v) is 13.7. The summed E-state index contributed by atoms with van der Waals surface area (Å²) in [5.74, 6) is 0.694. The predicted octanol–water partition coefficient (Wildman–Crippen LogP) is 3.23. The fourth-order valence-corrected chi connectivity index (χ4v) is 3.69. The third-order valence-electron chi connectivity index (χ3n) is 4.96. The van der Waals surface area contributed by atoms with Crippen molar-refractivity contribution in [2.24, 2.45) is 0 Å². The molecule has 1 saturated carbocycles. The van der Waals surface area contributed by atoms with Crippen molar-refractivity contribution >= 4 is 17.4 Å². The fraction of sp³-hybridized carbons (Fsp3) is 0.421. The van der Waals surface area contributed by atoms with Gasteiger partial charge in [0.25, 0.3) is 5.91 Å². The Morgan fingerprint density at radius 2 is 1.88 bits per heavy atom. The number of hydrogen-bond acceptors (Lipinski definition) is 4. The van der Waals surface area contributed by atoms with Crippen LogP contribution in [0.5, 0.6) is 0 Å². The van der Waals surface area contributed by atoms with Gasteiger partial charge in [-0.15, -0.1) is 10.2 Å². The van der Waals surface area contributed by atoms with Crippen molar-refractivity contribution < 1.29 is 4.79 Å². The Balaban J connectivity index is 1.51. The van der Waals surface area contributed by atoms with E-state index in [-0.39, 0.29) is 5.91 Å². The zero-order valence-electron chi connectivity index (χ0n) is 13.7. The Morgan fingerprint density at radius 3 is 2.67 bits per heavy atom. The van der Waals surface area contributed by atoms with E-state index in [1.807, 2.05) is 12.1 Å². The van der Waals surface area contributed by atoms with Gasteiger partial charge in [0.05, 0.1) is 0 Å². The van der Waals surface area contributed by atoms with Crippen LogP contribution in [0.3, 0.4) is 0 Å². The third-order valence-corrected chi connectivity index (χ3v) is 4.96. The second kappa shape index (κ2) is 6.59. The summed E-state index contributed by atoms with van der Waals surface area (Å²) < 4.78 is 0.